The van der Waals surface area contributed by atoms with Crippen LogP contribution in [0.25, 0.3) is 0 Å². The van der Waals surface area contributed by atoms with Gasteiger partial charge < -0.3 is 20.5 Å². The molecular formula is C14H20N2O4. The summed E-state index contributed by atoms with van der Waals surface area (Å²) in [7, 11) is 0. The molecule has 0 spiro atoms. The maximum atomic E-state index is 11.7. The molecule has 0 fully saturated rings. The number of rotatable bonds is 8. The van der Waals surface area contributed by atoms with Crippen LogP contribution < -0.4 is 11.1 Å². The minimum absolute atomic E-state index is 0.226. The van der Waals surface area contributed by atoms with Crippen molar-refractivity contribution in [3.63, 3.8) is 0 Å². The molecule has 0 saturated heterocycles. The van der Waals surface area contributed by atoms with Gasteiger partial charge in [0.15, 0.2) is 0 Å². The maximum absolute atomic E-state index is 11.7. The van der Waals surface area contributed by atoms with Crippen molar-refractivity contribution in [2.75, 3.05) is 25.1 Å². The van der Waals surface area contributed by atoms with E-state index in [9.17, 15) is 9.59 Å². The summed E-state index contributed by atoms with van der Waals surface area (Å²) in [4.78, 5) is 22.3. The molecule has 6 nitrogen and oxygen atoms in total. The first-order chi connectivity index (χ1) is 9.63. The summed E-state index contributed by atoms with van der Waals surface area (Å²) >= 11 is 0. The third-order valence-corrected chi connectivity index (χ3v) is 2.49. The molecule has 0 bridgehead atoms. The van der Waals surface area contributed by atoms with Gasteiger partial charge in [0.1, 0.15) is 6.61 Å². The summed E-state index contributed by atoms with van der Waals surface area (Å²) in [5.41, 5.74) is 5.92. The van der Waals surface area contributed by atoms with Crippen molar-refractivity contribution in [3.8, 4) is 0 Å². The van der Waals surface area contributed by atoms with Gasteiger partial charge >= 0.3 is 12.0 Å². The second kappa shape index (κ2) is 8.92. The van der Waals surface area contributed by atoms with Crippen LogP contribution in [0.1, 0.15) is 30.1 Å². The van der Waals surface area contributed by atoms with Crippen LogP contribution in [0.5, 0.6) is 0 Å². The van der Waals surface area contributed by atoms with Gasteiger partial charge in [-0.15, -0.1) is 0 Å². The molecule has 0 aromatic heterocycles. The highest BCUT2D eigenvalue weighted by atomic mass is 16.6. The number of carbonyl (C=O) groups is 2. The Labute approximate surface area is 118 Å². The van der Waals surface area contributed by atoms with Crippen molar-refractivity contribution in [3.05, 3.63) is 29.8 Å². The number of amides is 2. The first kappa shape index (κ1) is 16.0. The number of benzene rings is 1. The van der Waals surface area contributed by atoms with Crippen LogP contribution in [0.15, 0.2) is 24.3 Å². The summed E-state index contributed by atoms with van der Waals surface area (Å²) in [5.74, 6) is -0.422. The van der Waals surface area contributed by atoms with Crippen molar-refractivity contribution < 1.29 is 19.1 Å². The Morgan fingerprint density at radius 2 is 1.85 bits per heavy atom. The topological polar surface area (TPSA) is 90.7 Å². The Hall–Kier alpha value is -2.08. The Morgan fingerprint density at radius 3 is 2.45 bits per heavy atom. The van der Waals surface area contributed by atoms with E-state index in [4.69, 9.17) is 15.2 Å². The van der Waals surface area contributed by atoms with Crippen LogP contribution in [0.4, 0.5) is 10.5 Å². The van der Waals surface area contributed by atoms with Gasteiger partial charge in [0, 0.05) is 12.3 Å². The highest BCUT2D eigenvalue weighted by Crippen LogP contribution is 2.10. The number of ether oxygens (including phenoxy) is 2. The van der Waals surface area contributed by atoms with E-state index in [1.165, 1.54) is 0 Å². The van der Waals surface area contributed by atoms with E-state index in [0.717, 1.165) is 12.8 Å². The Kier molecular flexibility index (Phi) is 7.13. The summed E-state index contributed by atoms with van der Waals surface area (Å²) in [5, 5.41) is 2.41. The van der Waals surface area contributed by atoms with Gasteiger partial charge in [-0.25, -0.2) is 9.59 Å². The largest absolute Gasteiger partial charge is 0.460 e. The zero-order valence-corrected chi connectivity index (χ0v) is 11.6. The van der Waals surface area contributed by atoms with Crippen LogP contribution in [0.2, 0.25) is 0 Å². The maximum Gasteiger partial charge on any atom is 0.338 e. The molecule has 3 N–H and O–H groups in total. The molecule has 0 unspecified atom stereocenters. The third kappa shape index (κ3) is 6.19. The first-order valence-electron chi connectivity index (χ1n) is 6.55. The van der Waals surface area contributed by atoms with Gasteiger partial charge in [0.25, 0.3) is 0 Å². The zero-order valence-electron chi connectivity index (χ0n) is 11.6. The highest BCUT2D eigenvalue weighted by Gasteiger charge is 2.07. The van der Waals surface area contributed by atoms with E-state index in [0.29, 0.717) is 24.5 Å². The molecule has 6 heteroatoms. The van der Waals surface area contributed by atoms with Crippen molar-refractivity contribution in [1.29, 1.82) is 0 Å². The van der Waals surface area contributed by atoms with E-state index in [1.54, 1.807) is 24.3 Å². The van der Waals surface area contributed by atoms with Crippen molar-refractivity contribution in [1.82, 2.24) is 0 Å². The molecular weight excluding hydrogens is 260 g/mol. The SMILES string of the molecule is CCCCOCCOC(=O)c1ccc(NC(N)=O)cc1. The molecule has 0 saturated carbocycles. The molecule has 0 atom stereocenters. The summed E-state index contributed by atoms with van der Waals surface area (Å²) in [6, 6.07) is 5.64. The van der Waals surface area contributed by atoms with Crippen LogP contribution >= 0.6 is 0 Å². The predicted octanol–water partition coefficient (Wildman–Crippen LogP) is 2.15. The first-order valence-corrected chi connectivity index (χ1v) is 6.55. The molecule has 0 aliphatic carbocycles. The molecule has 0 aliphatic rings. The molecule has 1 rings (SSSR count). The van der Waals surface area contributed by atoms with Gasteiger partial charge in [-0.2, -0.15) is 0 Å². The minimum Gasteiger partial charge on any atom is -0.460 e. The van der Waals surface area contributed by atoms with Crippen LogP contribution in [-0.4, -0.2) is 31.8 Å². The van der Waals surface area contributed by atoms with Gasteiger partial charge in [-0.1, -0.05) is 13.3 Å². The highest BCUT2D eigenvalue weighted by molar-refractivity contribution is 5.91. The smallest absolute Gasteiger partial charge is 0.338 e. The van der Waals surface area contributed by atoms with Gasteiger partial charge in [0.05, 0.1) is 12.2 Å². The number of unbranched alkanes of at least 4 members (excludes halogenated alkanes) is 1. The quantitative estimate of drug-likeness (QED) is 0.564. The predicted molar refractivity (Wildman–Crippen MR) is 75.7 cm³/mol. The molecule has 0 aliphatic heterocycles. The van der Waals surface area contributed by atoms with Crippen molar-refractivity contribution >= 4 is 17.7 Å². The average molecular weight is 280 g/mol. The van der Waals surface area contributed by atoms with E-state index in [2.05, 4.69) is 12.2 Å². The fraction of sp³-hybridized carbons (Fsp3) is 0.429. The molecule has 0 radical (unpaired) electrons. The monoisotopic (exact) mass is 280 g/mol. The number of nitrogens with two attached hydrogens (primary N) is 1. The third-order valence-electron chi connectivity index (χ3n) is 2.49. The van der Waals surface area contributed by atoms with Crippen LogP contribution in [-0.2, 0) is 9.47 Å². The molecule has 20 heavy (non-hydrogen) atoms. The summed E-state index contributed by atoms with van der Waals surface area (Å²) in [6.45, 7) is 3.39. The van der Waals surface area contributed by atoms with Crippen LogP contribution in [0.3, 0.4) is 0 Å². The molecule has 0 heterocycles. The number of nitrogens with one attached hydrogen (secondary N) is 1. The Morgan fingerprint density at radius 1 is 1.15 bits per heavy atom. The average Bonchev–Trinajstić information content (AvgIpc) is 2.42. The molecule has 2 amide bonds. The lowest BCUT2D eigenvalue weighted by atomic mass is 10.2. The lowest BCUT2D eigenvalue weighted by Gasteiger charge is -2.06. The summed E-state index contributed by atoms with van der Waals surface area (Å²) < 4.78 is 10.3. The van der Waals surface area contributed by atoms with E-state index >= 15 is 0 Å². The fourth-order valence-electron chi connectivity index (χ4n) is 1.46. The molecule has 1 aromatic rings. The standard InChI is InChI=1S/C14H20N2O4/c1-2-3-8-19-9-10-20-13(17)11-4-6-12(7-5-11)16-14(15)18/h4-7H,2-3,8-10H2,1H3,(H3,15,16,18). The number of hydrogen-bond donors (Lipinski definition) is 2. The van der Waals surface area contributed by atoms with Crippen molar-refractivity contribution in [2.45, 2.75) is 19.8 Å². The van der Waals surface area contributed by atoms with Gasteiger partial charge in [-0.3, -0.25) is 0 Å². The number of hydrogen-bond acceptors (Lipinski definition) is 4. The number of urea groups is 1. The summed E-state index contributed by atoms with van der Waals surface area (Å²) in [6.07, 6.45) is 2.08. The zero-order chi connectivity index (χ0) is 14.8. The van der Waals surface area contributed by atoms with E-state index in [-0.39, 0.29) is 6.61 Å². The number of carbonyl (C=O) groups excluding carboxylic acids is 2. The fourth-order valence-corrected chi connectivity index (χ4v) is 1.46. The second-order valence-electron chi connectivity index (χ2n) is 4.17. The number of primary amides is 1. The Balaban J connectivity index is 2.30. The van der Waals surface area contributed by atoms with Crippen LogP contribution in [0, 0.1) is 0 Å². The van der Waals surface area contributed by atoms with E-state index in [1.807, 2.05) is 0 Å². The molecule has 1 aromatic carbocycles. The lowest BCUT2D eigenvalue weighted by Crippen LogP contribution is -2.19. The Bertz CT molecular complexity index is 431. The van der Waals surface area contributed by atoms with E-state index < -0.39 is 12.0 Å². The van der Waals surface area contributed by atoms with Gasteiger partial charge in [-0.05, 0) is 30.7 Å². The second-order valence-corrected chi connectivity index (χ2v) is 4.17. The number of esters is 1. The normalized spacial score (nSPS) is 10.1. The van der Waals surface area contributed by atoms with Crippen molar-refractivity contribution in [2.24, 2.45) is 5.73 Å². The lowest BCUT2D eigenvalue weighted by molar-refractivity contribution is 0.0314. The molecule has 110 valence electrons. The number of anilines is 1. The van der Waals surface area contributed by atoms with Gasteiger partial charge in [0.2, 0.25) is 0 Å². The minimum atomic E-state index is -0.649.